The molecule has 0 saturated heterocycles. The van der Waals surface area contributed by atoms with Gasteiger partial charge in [0, 0.05) is 0 Å². The number of para-hydroxylation sites is 4. The van der Waals surface area contributed by atoms with Gasteiger partial charge in [-0.15, -0.1) is 12.8 Å². The number of hydrogen-bond donors (Lipinski definition) is 4. The van der Waals surface area contributed by atoms with Crippen molar-refractivity contribution in [3.63, 3.8) is 0 Å². The van der Waals surface area contributed by atoms with E-state index < -0.39 is 0 Å². The molecule has 0 unspecified atom stereocenters. The molecule has 4 N–H and O–H groups in total. The first-order valence-electron chi connectivity index (χ1n) is 9.08. The van der Waals surface area contributed by atoms with Crippen LogP contribution < -0.4 is 10.6 Å². The number of allylic oxidation sites excluding steroid dienone is 8. The number of anilines is 2. The van der Waals surface area contributed by atoms with Gasteiger partial charge in [-0.05, 0) is 24.3 Å². The smallest absolute Gasteiger partial charge is 0.506 e. The van der Waals surface area contributed by atoms with Crippen molar-refractivity contribution < 1.29 is 46.0 Å². The minimum absolute atomic E-state index is 0. The largest absolute Gasteiger partial charge is 2.00 e. The zero-order chi connectivity index (χ0) is 21.9. The summed E-state index contributed by atoms with van der Waals surface area (Å²) in [6.45, 7) is 0. The van der Waals surface area contributed by atoms with Crippen molar-refractivity contribution in [1.82, 2.24) is 0 Å². The molecule has 0 saturated carbocycles. The Hall–Kier alpha value is -3.18. The number of benzene rings is 2. The molecule has 2 aliphatic carbocycles. The molecular formula is C24H24N2O4Zr. The molecule has 0 spiro atoms. The molecule has 4 rings (SSSR count). The van der Waals surface area contributed by atoms with Crippen LogP contribution in [0.3, 0.4) is 0 Å². The Bertz CT molecular complexity index is 799. The molecule has 0 atom stereocenters. The number of hydrogen-bond acceptors (Lipinski definition) is 4. The van der Waals surface area contributed by atoms with Crippen LogP contribution in [-0.4, -0.2) is 23.0 Å². The number of phenolic OH excluding ortho intramolecular Hbond substituents is 2. The fourth-order valence-electron chi connectivity index (χ4n) is 2.00. The van der Waals surface area contributed by atoms with Gasteiger partial charge < -0.3 is 20.8 Å². The summed E-state index contributed by atoms with van der Waals surface area (Å²) in [4.78, 5) is 19.8. The molecule has 0 radical (unpaired) electrons. The molecule has 158 valence electrons. The quantitative estimate of drug-likeness (QED) is 0.285. The maximum absolute atomic E-state index is 9.90. The summed E-state index contributed by atoms with van der Waals surface area (Å²) in [6, 6.07) is 13.1. The zero-order valence-corrected chi connectivity index (χ0v) is 19.3. The Morgan fingerprint density at radius 1 is 0.710 bits per heavy atom. The van der Waals surface area contributed by atoms with E-state index in [-0.39, 0.29) is 37.7 Å². The van der Waals surface area contributed by atoms with Gasteiger partial charge in [0.2, 0.25) is 12.8 Å². The number of carbonyl (C=O) groups excluding carboxylic acids is 2. The summed E-state index contributed by atoms with van der Waals surface area (Å²) in [7, 11) is 0. The first-order chi connectivity index (χ1) is 14.7. The number of carbonyl (C=O) groups is 2. The van der Waals surface area contributed by atoms with Crippen molar-refractivity contribution in [1.29, 1.82) is 0 Å². The van der Waals surface area contributed by atoms with Crippen LogP contribution in [0.4, 0.5) is 11.4 Å². The minimum Gasteiger partial charge on any atom is -0.506 e. The fraction of sp³-hybridized carbons (Fsp3) is 0.0833. The third kappa shape index (κ3) is 13.6. The van der Waals surface area contributed by atoms with Crippen molar-refractivity contribution in [2.75, 3.05) is 10.6 Å². The predicted molar refractivity (Wildman–Crippen MR) is 119 cm³/mol. The van der Waals surface area contributed by atoms with Crippen LogP contribution >= 0.6 is 0 Å². The molecule has 2 aromatic carbocycles. The van der Waals surface area contributed by atoms with Crippen LogP contribution in [0.5, 0.6) is 11.5 Å². The van der Waals surface area contributed by atoms with E-state index in [1.807, 2.05) is 24.3 Å². The molecule has 0 bridgehead atoms. The van der Waals surface area contributed by atoms with Gasteiger partial charge in [-0.2, -0.15) is 12.2 Å². The molecule has 2 amide bonds. The van der Waals surface area contributed by atoms with Gasteiger partial charge in [0.15, 0.2) is 0 Å². The van der Waals surface area contributed by atoms with Crippen LogP contribution in [0.1, 0.15) is 12.8 Å². The summed E-state index contributed by atoms with van der Waals surface area (Å²) >= 11 is 0. The van der Waals surface area contributed by atoms with Crippen LogP contribution in [0.15, 0.2) is 85.0 Å². The number of aromatic hydroxyl groups is 2. The van der Waals surface area contributed by atoms with E-state index in [0.29, 0.717) is 24.2 Å². The van der Waals surface area contributed by atoms with E-state index in [1.165, 1.54) is 12.1 Å². The molecule has 0 heterocycles. The van der Waals surface area contributed by atoms with E-state index in [4.69, 9.17) is 10.2 Å². The second-order valence-electron chi connectivity index (χ2n) is 5.56. The number of amides is 2. The molecular weight excluding hydrogens is 471 g/mol. The molecule has 0 aromatic heterocycles. The van der Waals surface area contributed by atoms with Gasteiger partial charge in [0.05, 0.1) is 11.4 Å². The van der Waals surface area contributed by atoms with Crippen molar-refractivity contribution in [2.45, 2.75) is 12.8 Å². The van der Waals surface area contributed by atoms with E-state index in [9.17, 15) is 9.59 Å². The Balaban J connectivity index is 0.000000401. The van der Waals surface area contributed by atoms with E-state index >= 15 is 0 Å². The Labute approximate surface area is 201 Å². The molecule has 0 aliphatic heterocycles. The zero-order valence-electron chi connectivity index (χ0n) is 16.9. The Kier molecular flexibility index (Phi) is 16.9. The van der Waals surface area contributed by atoms with Gasteiger partial charge in [-0.1, -0.05) is 24.3 Å². The molecule has 6 nitrogen and oxygen atoms in total. The summed E-state index contributed by atoms with van der Waals surface area (Å²) in [5, 5.41) is 22.7. The SMILES string of the molecule is O=CNc1ccccc1O.O=CNc1ccccc1O.[C-]1=CC=CC1.[C-]1=CC=CC1.[Zr+2]. The third-order valence-corrected chi connectivity index (χ3v) is 3.41. The topological polar surface area (TPSA) is 98.7 Å². The molecule has 0 fully saturated rings. The van der Waals surface area contributed by atoms with Crippen LogP contribution in [0.2, 0.25) is 0 Å². The van der Waals surface area contributed by atoms with Gasteiger partial charge in [0.1, 0.15) is 11.5 Å². The van der Waals surface area contributed by atoms with Crippen molar-refractivity contribution in [3.05, 3.63) is 97.1 Å². The maximum atomic E-state index is 9.90. The maximum Gasteiger partial charge on any atom is 2.00 e. The van der Waals surface area contributed by atoms with Gasteiger partial charge in [-0.3, -0.25) is 21.7 Å². The molecule has 2 aliphatic rings. The summed E-state index contributed by atoms with van der Waals surface area (Å²) in [5.41, 5.74) is 0.856. The van der Waals surface area contributed by atoms with Gasteiger partial charge in [-0.25, -0.2) is 24.3 Å². The summed E-state index contributed by atoms with van der Waals surface area (Å²) in [6.07, 6.45) is 21.0. The first-order valence-corrected chi connectivity index (χ1v) is 9.08. The Morgan fingerprint density at radius 3 is 1.32 bits per heavy atom. The van der Waals surface area contributed by atoms with Crippen LogP contribution in [0, 0.1) is 12.2 Å². The number of nitrogens with one attached hydrogen (secondary N) is 2. The standard InChI is InChI=1S/2C7H7NO2.2C5H5.Zr/c2*9-5-8-6-3-1-2-4-7(6)10;2*1-2-4-5-3-1;/h2*1-5,10H,(H,8,9);2*1-3H,4H2;/q;;2*-1;+2. The van der Waals surface area contributed by atoms with Crippen LogP contribution in [-0.2, 0) is 35.8 Å². The molecule has 2 aromatic rings. The first kappa shape index (κ1) is 27.8. The van der Waals surface area contributed by atoms with E-state index in [1.54, 1.807) is 36.4 Å². The predicted octanol–water partition coefficient (Wildman–Crippen LogP) is 4.53. The summed E-state index contributed by atoms with van der Waals surface area (Å²) < 4.78 is 0. The van der Waals surface area contributed by atoms with Gasteiger partial charge >= 0.3 is 26.2 Å². The number of phenols is 2. The van der Waals surface area contributed by atoms with Crippen LogP contribution in [0.25, 0.3) is 0 Å². The molecule has 7 heteroatoms. The van der Waals surface area contributed by atoms with E-state index in [0.717, 1.165) is 12.8 Å². The van der Waals surface area contributed by atoms with E-state index in [2.05, 4.69) is 34.9 Å². The van der Waals surface area contributed by atoms with Crippen molar-refractivity contribution in [3.8, 4) is 11.5 Å². The Morgan fingerprint density at radius 2 is 1.10 bits per heavy atom. The summed E-state index contributed by atoms with van der Waals surface area (Å²) in [5.74, 6) is 0.157. The third-order valence-electron chi connectivity index (χ3n) is 3.41. The minimum atomic E-state index is 0. The van der Waals surface area contributed by atoms with Crippen molar-refractivity contribution in [2.24, 2.45) is 0 Å². The monoisotopic (exact) mass is 494 g/mol. The average molecular weight is 496 g/mol. The average Bonchev–Trinajstić information content (AvgIpc) is 3.52. The molecule has 31 heavy (non-hydrogen) atoms. The second-order valence-corrected chi connectivity index (χ2v) is 5.56. The number of rotatable bonds is 4. The fourth-order valence-corrected chi connectivity index (χ4v) is 2.00. The normalized spacial score (nSPS) is 11.4. The van der Waals surface area contributed by atoms with Gasteiger partial charge in [0.25, 0.3) is 0 Å². The second kappa shape index (κ2) is 18.8. The van der Waals surface area contributed by atoms with Crippen molar-refractivity contribution >= 4 is 24.2 Å².